The van der Waals surface area contributed by atoms with Crippen LogP contribution >= 0.6 is 0 Å². The predicted molar refractivity (Wildman–Crippen MR) is 136 cm³/mol. The second-order valence-electron chi connectivity index (χ2n) is 11.5. The number of aliphatic hydroxyl groups excluding tert-OH is 1. The molecule has 12 heteroatoms. The van der Waals surface area contributed by atoms with Crippen molar-refractivity contribution in [1.82, 2.24) is 0 Å². The molecule has 1 saturated heterocycles. The maximum atomic E-state index is 12.9. The van der Waals surface area contributed by atoms with Crippen LogP contribution in [0.2, 0.25) is 0 Å². The minimum Gasteiger partial charge on any atom is -0.462 e. The number of hydrogen-bond donors (Lipinski definition) is 2. The van der Waals surface area contributed by atoms with Crippen molar-refractivity contribution in [3.8, 4) is 0 Å². The zero-order valence-electron chi connectivity index (χ0n) is 24.2. The lowest BCUT2D eigenvalue weighted by molar-refractivity contribution is -0.252. The van der Waals surface area contributed by atoms with Crippen LogP contribution in [0.15, 0.2) is 11.6 Å². The summed E-state index contributed by atoms with van der Waals surface area (Å²) in [7, 11) is 0. The molecule has 0 aromatic carbocycles. The van der Waals surface area contributed by atoms with Crippen LogP contribution in [0, 0.1) is 23.2 Å². The van der Waals surface area contributed by atoms with Gasteiger partial charge in [0.15, 0.2) is 11.7 Å². The lowest BCUT2D eigenvalue weighted by Gasteiger charge is -2.58. The van der Waals surface area contributed by atoms with Crippen molar-refractivity contribution < 1.29 is 57.9 Å². The maximum absolute atomic E-state index is 12.9. The molecule has 1 aliphatic heterocycles. The third-order valence-corrected chi connectivity index (χ3v) is 8.83. The van der Waals surface area contributed by atoms with Gasteiger partial charge in [-0.3, -0.25) is 24.0 Å². The first-order valence-corrected chi connectivity index (χ1v) is 13.4. The summed E-state index contributed by atoms with van der Waals surface area (Å²) in [4.78, 5) is 62.3. The van der Waals surface area contributed by atoms with Gasteiger partial charge in [0.1, 0.15) is 24.4 Å². The summed E-state index contributed by atoms with van der Waals surface area (Å²) in [6.45, 7) is 11.1. The molecule has 3 aliphatic rings. The smallest absolute Gasteiger partial charge is 0.312 e. The van der Waals surface area contributed by atoms with Gasteiger partial charge < -0.3 is 33.9 Å². The van der Waals surface area contributed by atoms with E-state index in [9.17, 15) is 34.2 Å². The van der Waals surface area contributed by atoms with Crippen LogP contribution in [-0.4, -0.2) is 82.3 Å². The van der Waals surface area contributed by atoms with Crippen LogP contribution in [-0.2, 0) is 47.7 Å². The standard InChI is InChI=1S/C28H40O12/c1-12-9-23-28(35,14(3)26(34)40-23)25(39-18(7)32)24-13(2)19(33)10-21(37-16(5)30)27(24,8)22(38-17(6)31)11-20(12)36-15(4)29/h9,13-14,19-25,33,35H,10-11H2,1-8H3/b12-9-/t13-,14-,19-,20?,21-,22+,23-,24+,25?,27+,28-/m0/s1. The Morgan fingerprint density at radius 1 is 0.900 bits per heavy atom. The molecule has 11 atom stereocenters. The highest BCUT2D eigenvalue weighted by molar-refractivity contribution is 5.78. The van der Waals surface area contributed by atoms with Crippen LogP contribution in [0.5, 0.6) is 0 Å². The Kier molecular flexibility index (Phi) is 9.05. The average molecular weight is 569 g/mol. The van der Waals surface area contributed by atoms with Crippen molar-refractivity contribution >= 4 is 29.8 Å². The van der Waals surface area contributed by atoms with Gasteiger partial charge in [0.25, 0.3) is 0 Å². The van der Waals surface area contributed by atoms with Crippen LogP contribution in [0.4, 0.5) is 0 Å². The Labute approximate surface area is 233 Å². The fraction of sp³-hybridized carbons (Fsp3) is 0.750. The third kappa shape index (κ3) is 5.60. The fourth-order valence-electron chi connectivity index (χ4n) is 6.77. The highest BCUT2D eigenvalue weighted by Crippen LogP contribution is 2.56. The molecule has 2 N–H and O–H groups in total. The molecule has 2 unspecified atom stereocenters. The van der Waals surface area contributed by atoms with Crippen molar-refractivity contribution in [1.29, 1.82) is 0 Å². The minimum absolute atomic E-state index is 0.0573. The number of hydrogen-bond acceptors (Lipinski definition) is 12. The first-order chi connectivity index (χ1) is 18.4. The van der Waals surface area contributed by atoms with Crippen molar-refractivity contribution in [3.05, 3.63) is 11.6 Å². The Morgan fingerprint density at radius 2 is 1.40 bits per heavy atom. The van der Waals surface area contributed by atoms with E-state index in [4.69, 9.17) is 23.7 Å². The number of rotatable bonds is 4. The number of fused-ring (bicyclic) bond motifs is 2. The molecule has 0 radical (unpaired) electrons. The van der Waals surface area contributed by atoms with E-state index >= 15 is 0 Å². The van der Waals surface area contributed by atoms with Gasteiger partial charge in [-0.1, -0.05) is 13.8 Å². The Hall–Kier alpha value is -2.99. The minimum atomic E-state index is -2.17. The summed E-state index contributed by atoms with van der Waals surface area (Å²) in [5.74, 6) is -6.51. The largest absolute Gasteiger partial charge is 0.462 e. The number of carbonyl (C=O) groups excluding carboxylic acids is 5. The molecule has 224 valence electrons. The van der Waals surface area contributed by atoms with E-state index in [0.29, 0.717) is 5.57 Å². The van der Waals surface area contributed by atoms with Gasteiger partial charge in [0.05, 0.1) is 12.0 Å². The molecule has 0 bridgehead atoms. The molecule has 40 heavy (non-hydrogen) atoms. The normalized spacial score (nSPS) is 42.6. The van der Waals surface area contributed by atoms with Gasteiger partial charge in [0, 0.05) is 51.9 Å². The summed E-state index contributed by atoms with van der Waals surface area (Å²) >= 11 is 0. The van der Waals surface area contributed by atoms with Crippen LogP contribution in [0.25, 0.3) is 0 Å². The molecule has 2 aliphatic carbocycles. The van der Waals surface area contributed by atoms with Crippen LogP contribution in [0.3, 0.4) is 0 Å². The molecule has 0 spiro atoms. The Bertz CT molecular complexity index is 1080. The Balaban J connectivity index is 2.44. The molecule has 2 fully saturated rings. The lowest BCUT2D eigenvalue weighted by Crippen LogP contribution is -2.69. The SMILES string of the molecule is CC(=O)OC1C[C@@H](OC(C)=O)[C@@]2(C)[C@@H](OC(C)=O)C[C@H](O)[C@H](C)[C@@H]2C(OC(C)=O)[C@@]2(O)[C@H](/C=C\1C)OC(=O)[C@@H]2C. The Morgan fingerprint density at radius 3 is 1.90 bits per heavy atom. The van der Waals surface area contributed by atoms with Crippen molar-refractivity contribution in [2.24, 2.45) is 23.2 Å². The number of aliphatic hydroxyl groups is 2. The summed E-state index contributed by atoms with van der Waals surface area (Å²) in [5.41, 5.74) is -3.21. The molecular formula is C28H40O12. The van der Waals surface area contributed by atoms with Gasteiger partial charge in [0.2, 0.25) is 0 Å². The predicted octanol–water partition coefficient (Wildman–Crippen LogP) is 1.38. The molecule has 1 heterocycles. The molecule has 3 rings (SSSR count). The second kappa shape index (κ2) is 11.5. The second-order valence-corrected chi connectivity index (χ2v) is 11.5. The third-order valence-electron chi connectivity index (χ3n) is 8.83. The van der Waals surface area contributed by atoms with Crippen molar-refractivity contribution in [3.63, 3.8) is 0 Å². The molecule has 0 aromatic heterocycles. The van der Waals surface area contributed by atoms with Gasteiger partial charge in [-0.25, -0.2) is 0 Å². The van der Waals surface area contributed by atoms with E-state index in [1.165, 1.54) is 33.8 Å². The summed E-state index contributed by atoms with van der Waals surface area (Å²) in [6, 6.07) is 0. The zero-order chi connectivity index (χ0) is 30.3. The van der Waals surface area contributed by atoms with Gasteiger partial charge in [-0.15, -0.1) is 0 Å². The van der Waals surface area contributed by atoms with E-state index in [1.54, 1.807) is 20.8 Å². The topological polar surface area (TPSA) is 172 Å². The number of carbonyl (C=O) groups is 5. The van der Waals surface area contributed by atoms with E-state index in [-0.39, 0.29) is 12.8 Å². The van der Waals surface area contributed by atoms with Gasteiger partial charge in [-0.2, -0.15) is 0 Å². The van der Waals surface area contributed by atoms with E-state index in [2.05, 4.69) is 0 Å². The van der Waals surface area contributed by atoms with Gasteiger partial charge in [-0.05, 0) is 31.4 Å². The number of ether oxygens (including phenoxy) is 5. The summed E-state index contributed by atoms with van der Waals surface area (Å²) < 4.78 is 28.6. The summed E-state index contributed by atoms with van der Waals surface area (Å²) in [5, 5.41) is 23.6. The van der Waals surface area contributed by atoms with E-state index < -0.39 is 95.2 Å². The maximum Gasteiger partial charge on any atom is 0.312 e. The summed E-state index contributed by atoms with van der Waals surface area (Å²) in [6.07, 6.45) is -5.86. The van der Waals surface area contributed by atoms with Crippen molar-refractivity contribution in [2.45, 2.75) is 110 Å². The molecule has 1 saturated carbocycles. The fourth-order valence-corrected chi connectivity index (χ4v) is 6.77. The molecular weight excluding hydrogens is 528 g/mol. The van der Waals surface area contributed by atoms with E-state index in [1.807, 2.05) is 0 Å². The first-order valence-electron chi connectivity index (χ1n) is 13.4. The average Bonchev–Trinajstić information content (AvgIpc) is 3.03. The van der Waals surface area contributed by atoms with Gasteiger partial charge >= 0.3 is 29.8 Å². The van der Waals surface area contributed by atoms with Crippen molar-refractivity contribution in [2.75, 3.05) is 0 Å². The molecule has 0 aromatic rings. The molecule has 0 amide bonds. The number of esters is 5. The first kappa shape index (κ1) is 31.5. The zero-order valence-corrected chi connectivity index (χ0v) is 24.2. The van der Waals surface area contributed by atoms with E-state index in [0.717, 1.165) is 6.92 Å². The highest BCUT2D eigenvalue weighted by Gasteiger charge is 2.69. The highest BCUT2D eigenvalue weighted by atomic mass is 16.6. The van der Waals surface area contributed by atoms with Crippen LogP contribution < -0.4 is 0 Å². The quantitative estimate of drug-likeness (QED) is 0.284. The molecule has 12 nitrogen and oxygen atoms in total. The lowest BCUT2D eigenvalue weighted by atomic mass is 9.52. The van der Waals surface area contributed by atoms with Crippen LogP contribution in [0.1, 0.15) is 68.2 Å². The monoisotopic (exact) mass is 568 g/mol.